The number of nitrogens with one attached hydrogen (secondary N) is 1. The number of nitrogens with zero attached hydrogens (tertiary/aromatic N) is 1. The normalized spacial score (nSPS) is 22.6. The quantitative estimate of drug-likeness (QED) is 0.0369. The number of rotatable bonds is 32. The number of thioether (sulfide) groups is 1. The molecule has 2 aromatic rings. The minimum absolute atomic E-state index is 0.0960. The molecule has 0 aromatic heterocycles. The van der Waals surface area contributed by atoms with Crippen LogP contribution in [-0.4, -0.2) is 80.0 Å². The van der Waals surface area contributed by atoms with Gasteiger partial charge in [-0.25, -0.2) is 4.79 Å². The van der Waals surface area contributed by atoms with Crippen molar-refractivity contribution < 1.29 is 43.5 Å². The van der Waals surface area contributed by atoms with Gasteiger partial charge in [0.2, 0.25) is 5.79 Å². The van der Waals surface area contributed by atoms with E-state index in [4.69, 9.17) is 33.7 Å². The summed E-state index contributed by atoms with van der Waals surface area (Å²) in [4.78, 5) is 19.1. The number of hydrogen-bond acceptors (Lipinski definition) is 11. The maximum absolute atomic E-state index is 13.5. The number of allylic oxidation sites excluding steroid dienone is 1. The van der Waals surface area contributed by atoms with Crippen molar-refractivity contribution in [3.05, 3.63) is 66.3 Å². The predicted molar refractivity (Wildman–Crippen MR) is 264 cm³/mol. The van der Waals surface area contributed by atoms with Crippen molar-refractivity contribution in [1.29, 1.82) is 0 Å². The molecule has 1 heterocycles. The molecule has 0 unspecified atom stereocenters. The average Bonchev–Trinajstić information content (AvgIpc) is 3.31. The molecule has 2 aliphatic carbocycles. The Labute approximate surface area is 394 Å². The molecule has 2 aromatic carbocycles. The number of ether oxygens (including phenoxy) is 5. The van der Waals surface area contributed by atoms with Crippen molar-refractivity contribution in [2.75, 3.05) is 52.2 Å². The van der Waals surface area contributed by atoms with Crippen molar-refractivity contribution in [3.8, 4) is 23.0 Å². The van der Waals surface area contributed by atoms with E-state index in [-0.39, 0.29) is 42.1 Å². The highest BCUT2D eigenvalue weighted by atomic mass is 32.2. The summed E-state index contributed by atoms with van der Waals surface area (Å²) in [5.41, 5.74) is 3.38. The lowest BCUT2D eigenvalue weighted by Crippen LogP contribution is -2.64. The van der Waals surface area contributed by atoms with Crippen LogP contribution in [0.4, 0.5) is 10.5 Å². The number of methoxy groups -OCH3 is 2. The third-order valence-corrected chi connectivity index (χ3v) is 14.9. The summed E-state index contributed by atoms with van der Waals surface area (Å²) in [5.74, 6) is 1.98. The summed E-state index contributed by atoms with van der Waals surface area (Å²) in [6.07, 6.45) is 27.5. The Morgan fingerprint density at radius 3 is 2.14 bits per heavy atom. The number of fused-ring (bicyclic) bond motifs is 2. The molecular weight excluding hydrogens is 841 g/mol. The molecule has 3 N–H and O–H groups in total. The van der Waals surface area contributed by atoms with Crippen LogP contribution in [-0.2, 0) is 9.57 Å². The van der Waals surface area contributed by atoms with Crippen LogP contribution in [0.1, 0.15) is 153 Å². The van der Waals surface area contributed by atoms with Crippen LogP contribution in [0, 0.1) is 17.8 Å². The molecule has 3 aliphatic rings. The Morgan fingerprint density at radius 1 is 0.846 bits per heavy atom. The smallest absolute Gasteiger partial charge is 0.417 e. The van der Waals surface area contributed by atoms with E-state index in [1.165, 1.54) is 90.6 Å². The molecule has 12 heteroatoms. The zero-order valence-corrected chi connectivity index (χ0v) is 40.8. The maximum atomic E-state index is 13.5. The lowest BCUT2D eigenvalue weighted by Gasteiger charge is -2.58. The Kier molecular flexibility index (Phi) is 22.9. The van der Waals surface area contributed by atoms with Gasteiger partial charge >= 0.3 is 6.09 Å². The highest BCUT2D eigenvalue weighted by Crippen LogP contribution is 2.62. The van der Waals surface area contributed by atoms with Gasteiger partial charge in [-0.1, -0.05) is 121 Å². The molecule has 0 bridgehead atoms. The van der Waals surface area contributed by atoms with Crippen molar-refractivity contribution in [2.45, 2.75) is 159 Å². The summed E-state index contributed by atoms with van der Waals surface area (Å²) in [6.45, 7) is 6.91. The van der Waals surface area contributed by atoms with Crippen LogP contribution in [0.3, 0.4) is 0 Å². The number of hydrogen-bond donors (Lipinski definition) is 3. The molecule has 1 saturated carbocycles. The number of aliphatic hydroxyl groups is 2. The lowest BCUT2D eigenvalue weighted by molar-refractivity contribution is -0.223. The molecule has 6 atom stereocenters. The van der Waals surface area contributed by atoms with Crippen LogP contribution >= 0.6 is 11.8 Å². The van der Waals surface area contributed by atoms with Crippen LogP contribution in [0.15, 0.2) is 65.9 Å². The number of unbranched alkanes of at least 4 members (excludes halogenated alkanes) is 15. The lowest BCUT2D eigenvalue weighted by atomic mass is 9.56. The summed E-state index contributed by atoms with van der Waals surface area (Å²) >= 11 is 1.91. The van der Waals surface area contributed by atoms with Crippen LogP contribution in [0.2, 0.25) is 0 Å². The van der Waals surface area contributed by atoms with Gasteiger partial charge in [0.15, 0.2) is 0 Å². The molecule has 65 heavy (non-hydrogen) atoms. The van der Waals surface area contributed by atoms with Crippen molar-refractivity contribution in [2.24, 2.45) is 22.9 Å². The molecule has 0 saturated heterocycles. The van der Waals surface area contributed by atoms with Crippen molar-refractivity contribution >= 4 is 29.3 Å². The fraction of sp³-hybridized carbons (Fsp3) is 0.660. The number of amides is 1. The molecular formula is C53H80N2O9S. The van der Waals surface area contributed by atoms with Gasteiger partial charge in [0.05, 0.1) is 43.4 Å². The van der Waals surface area contributed by atoms with Crippen LogP contribution < -0.4 is 24.3 Å². The monoisotopic (exact) mass is 921 g/mol. The van der Waals surface area contributed by atoms with E-state index >= 15 is 0 Å². The van der Waals surface area contributed by atoms with Crippen LogP contribution in [0.5, 0.6) is 23.0 Å². The van der Waals surface area contributed by atoms with E-state index < -0.39 is 11.9 Å². The molecule has 362 valence electrons. The molecule has 5 rings (SSSR count). The van der Waals surface area contributed by atoms with E-state index in [1.807, 2.05) is 23.9 Å². The minimum Gasteiger partial charge on any atom is -0.497 e. The number of carbonyl (C=O) groups is 1. The van der Waals surface area contributed by atoms with Gasteiger partial charge in [-0.15, -0.1) is 6.58 Å². The molecule has 1 aliphatic heterocycles. The summed E-state index contributed by atoms with van der Waals surface area (Å²) in [5, 5.41) is 27.2. The Hall–Kier alpha value is -3.71. The van der Waals surface area contributed by atoms with E-state index in [0.29, 0.717) is 54.6 Å². The zero-order chi connectivity index (χ0) is 46.3. The summed E-state index contributed by atoms with van der Waals surface area (Å²) in [7, 11) is 4.72. The average molecular weight is 921 g/mol. The van der Waals surface area contributed by atoms with Gasteiger partial charge in [-0.05, 0) is 85.6 Å². The van der Waals surface area contributed by atoms with E-state index in [0.717, 1.165) is 54.7 Å². The summed E-state index contributed by atoms with van der Waals surface area (Å²) < 4.78 is 31.2. The van der Waals surface area contributed by atoms with Gasteiger partial charge < -0.3 is 38.7 Å². The van der Waals surface area contributed by atoms with Crippen molar-refractivity contribution in [1.82, 2.24) is 0 Å². The maximum Gasteiger partial charge on any atom is 0.417 e. The molecule has 11 nitrogen and oxygen atoms in total. The first-order valence-corrected chi connectivity index (χ1v) is 25.9. The molecule has 0 spiro atoms. The van der Waals surface area contributed by atoms with Crippen molar-refractivity contribution in [3.63, 3.8) is 0 Å². The third-order valence-electron chi connectivity index (χ3n) is 13.5. The van der Waals surface area contributed by atoms with E-state index in [1.54, 1.807) is 44.6 Å². The highest BCUT2D eigenvalue weighted by molar-refractivity contribution is 8.00. The number of carbonyl (C=O) groups excluding carboxylic acids is 1. The third kappa shape index (κ3) is 14.6. The number of anilines is 1. The standard InChI is InChI=1S/C53H80N2O9S/c1-6-8-9-10-11-12-13-14-15-16-17-18-19-24-34-65-49-38-46(55-61-5)43-35-39(25-20-22-31-56)42(26-21-23-32-57)50-44-36-41(28-30-47(44)64-53(49,51(43)50)62-33-7-2)63-52(58)54-45-29-27-40(59-3)37-48(45)60-4/h7,27-30,35-37,39,42,49-51,56-57H,2,6,8-26,31-34,38H2,1,3-5H3,(H,54,58)/t39-,42+,49-,50+,51+,53+/m0/s1. The Morgan fingerprint density at radius 2 is 1.51 bits per heavy atom. The fourth-order valence-corrected chi connectivity index (χ4v) is 11.7. The number of aliphatic hydroxyl groups excluding tert-OH is 2. The van der Waals surface area contributed by atoms with Gasteiger partial charge in [0, 0.05) is 37.2 Å². The second-order valence-electron chi connectivity index (χ2n) is 18.0. The van der Waals surface area contributed by atoms with Gasteiger partial charge in [0.25, 0.3) is 0 Å². The molecule has 0 radical (unpaired) electrons. The number of benzene rings is 2. The number of oxime groups is 1. The first-order valence-electron chi connectivity index (χ1n) is 24.8. The molecule has 1 amide bonds. The first kappa shape index (κ1) is 52.3. The Balaban J connectivity index is 1.40. The fourth-order valence-electron chi connectivity index (χ4n) is 10.3. The van der Waals surface area contributed by atoms with Gasteiger partial charge in [-0.2, -0.15) is 11.8 Å². The minimum atomic E-state index is -1.04. The van der Waals surface area contributed by atoms with Crippen LogP contribution in [0.25, 0.3) is 0 Å². The highest BCUT2D eigenvalue weighted by Gasteiger charge is 2.64. The largest absolute Gasteiger partial charge is 0.497 e. The van der Waals surface area contributed by atoms with E-state index in [2.05, 4.69) is 24.9 Å². The SMILES string of the molecule is C=CCO[C@@]12Oc3ccc(OC(=O)Nc4ccc(OC)cc4OC)cc3[C@H]3[C@H](CCCCO)[C@@H](CCCCO)C=C(C(=NOC)C[C@@H]1SCCCCCCCCCCCCCCCC)[C@H]32. The first-order chi connectivity index (χ1) is 31.9. The second kappa shape index (κ2) is 28.5. The Bertz CT molecular complexity index is 1800. The molecule has 1 fully saturated rings. The second-order valence-corrected chi connectivity index (χ2v) is 19.3. The predicted octanol–water partition coefficient (Wildman–Crippen LogP) is 12.8. The topological polar surface area (TPSA) is 137 Å². The van der Waals surface area contributed by atoms with Gasteiger partial charge in [0.1, 0.15) is 30.1 Å². The van der Waals surface area contributed by atoms with Gasteiger partial charge in [-0.3, -0.25) is 5.32 Å². The summed E-state index contributed by atoms with van der Waals surface area (Å²) in [6, 6.07) is 10.8. The van der Waals surface area contributed by atoms with E-state index in [9.17, 15) is 15.0 Å². The zero-order valence-electron chi connectivity index (χ0n) is 40.0.